The van der Waals surface area contributed by atoms with Crippen molar-refractivity contribution in [2.24, 2.45) is 11.8 Å². The summed E-state index contributed by atoms with van der Waals surface area (Å²) in [6, 6.07) is 0. The van der Waals surface area contributed by atoms with E-state index in [4.69, 9.17) is 18.2 Å². The van der Waals surface area contributed by atoms with Gasteiger partial charge in [-0.2, -0.15) is 0 Å². The van der Waals surface area contributed by atoms with Crippen LogP contribution in [0.15, 0.2) is 23.5 Å². The Morgan fingerprint density at radius 2 is 2.29 bits per heavy atom. The van der Waals surface area contributed by atoms with E-state index in [1.165, 1.54) is 7.05 Å². The van der Waals surface area contributed by atoms with E-state index in [9.17, 15) is 10.3 Å². The molecule has 0 amide bonds. The average molecular weight is 377 g/mol. The molecule has 2 aliphatic rings. The van der Waals surface area contributed by atoms with Crippen LogP contribution in [0.3, 0.4) is 0 Å². The van der Waals surface area contributed by atoms with Gasteiger partial charge in [-0.05, 0) is 31.2 Å². The third-order valence-corrected chi connectivity index (χ3v) is 4.91. The summed E-state index contributed by atoms with van der Waals surface area (Å²) in [7, 11) is 1.29. The van der Waals surface area contributed by atoms with Crippen LogP contribution in [0.4, 0.5) is 0 Å². The fourth-order valence-corrected chi connectivity index (χ4v) is 3.70. The highest BCUT2D eigenvalue weighted by atomic mass is 79.9. The topological polar surface area (TPSA) is 62.9 Å². The Hall–Kier alpha value is -0.580. The number of aliphatic hydroxyl groups is 1. The minimum Gasteiger partial charge on any atom is -0.784 e. The Morgan fingerprint density at radius 1 is 1.57 bits per heavy atom. The molecule has 2 N–H and O–H groups in total. The molecule has 0 spiro atoms. The van der Waals surface area contributed by atoms with Gasteiger partial charge in [0.25, 0.3) is 6.57 Å². The molecule has 1 heterocycles. The van der Waals surface area contributed by atoms with E-state index in [2.05, 4.69) is 26.1 Å². The van der Waals surface area contributed by atoms with Gasteiger partial charge in [0, 0.05) is 5.92 Å². The third kappa shape index (κ3) is 3.79. The smallest absolute Gasteiger partial charge is 0.342 e. The summed E-state index contributed by atoms with van der Waals surface area (Å²) in [5.74, 6) is -0.311. The molecule has 7 heteroatoms. The average Bonchev–Trinajstić information content (AvgIpc) is 2.46. The number of hydroxylamine groups is 2. The highest BCUT2D eigenvalue weighted by Gasteiger charge is 2.41. The molecule has 21 heavy (non-hydrogen) atoms. The van der Waals surface area contributed by atoms with E-state index >= 15 is 0 Å². The van der Waals surface area contributed by atoms with E-state index in [0.717, 1.165) is 18.5 Å². The van der Waals surface area contributed by atoms with Gasteiger partial charge in [0.15, 0.2) is 0 Å². The van der Waals surface area contributed by atoms with E-state index in [-0.39, 0.29) is 16.2 Å². The molecule has 1 aliphatic heterocycles. The number of aliphatic hydroxyl groups excluding tert-OH is 1. The SMILES string of the molecule is C#[N+]C1=C(C2C=CC(Cl)CC2)NC(Br)CC1C(O)N(C)[O-]. The Bertz CT molecular complexity index is 489. The lowest BCUT2D eigenvalue weighted by Crippen LogP contribution is -2.43. The van der Waals surface area contributed by atoms with E-state index < -0.39 is 12.1 Å². The van der Waals surface area contributed by atoms with Gasteiger partial charge in [0.05, 0.1) is 10.3 Å². The number of rotatable bonds is 3. The predicted molar refractivity (Wildman–Crippen MR) is 87.9 cm³/mol. The molecule has 5 atom stereocenters. The van der Waals surface area contributed by atoms with Crippen molar-refractivity contribution >= 4 is 27.5 Å². The van der Waals surface area contributed by atoms with Gasteiger partial charge in [0.1, 0.15) is 17.8 Å². The fraction of sp³-hybridized carbons (Fsp3) is 0.643. The van der Waals surface area contributed by atoms with Gasteiger partial charge in [-0.15, -0.1) is 11.6 Å². The Labute approximate surface area is 138 Å². The van der Waals surface area contributed by atoms with Crippen LogP contribution in [-0.2, 0) is 0 Å². The molecule has 0 bridgehead atoms. The van der Waals surface area contributed by atoms with Gasteiger partial charge in [-0.25, -0.2) is 0 Å². The molecule has 0 fully saturated rings. The largest absolute Gasteiger partial charge is 0.784 e. The molecule has 0 aromatic heterocycles. The minimum absolute atomic E-state index is 0.0419. The standard InChI is InChI=1S/C14H19BrClN3O2/c1-17-13-10(14(20)19(2)21)7-11(15)18-12(13)8-3-5-9(16)6-4-8/h1,3,5,8-11,14,18,20H,4,6-7H2,2H3. The van der Waals surface area contributed by atoms with Crippen LogP contribution in [0.25, 0.3) is 4.85 Å². The Kier molecular flexibility index (Phi) is 5.69. The molecule has 0 radical (unpaired) electrons. The van der Waals surface area contributed by atoms with E-state index in [1.807, 2.05) is 12.2 Å². The van der Waals surface area contributed by atoms with Gasteiger partial charge in [-0.1, -0.05) is 28.1 Å². The quantitative estimate of drug-likeness (QED) is 0.261. The first-order valence-corrected chi connectivity index (χ1v) is 8.25. The van der Waals surface area contributed by atoms with Crippen molar-refractivity contribution in [3.8, 4) is 6.57 Å². The first-order valence-electron chi connectivity index (χ1n) is 6.90. The van der Waals surface area contributed by atoms with Crippen LogP contribution in [-0.4, -0.2) is 33.8 Å². The summed E-state index contributed by atoms with van der Waals surface area (Å²) in [4.78, 5) is 3.80. The van der Waals surface area contributed by atoms with Crippen LogP contribution in [0.5, 0.6) is 0 Å². The van der Waals surface area contributed by atoms with Crippen LogP contribution in [0, 0.1) is 23.6 Å². The summed E-state index contributed by atoms with van der Waals surface area (Å²) in [5, 5.41) is 25.4. The third-order valence-electron chi connectivity index (χ3n) is 3.95. The molecule has 5 nitrogen and oxygen atoms in total. The number of alkyl halides is 2. The van der Waals surface area contributed by atoms with Crippen molar-refractivity contribution in [1.82, 2.24) is 10.4 Å². The zero-order valence-corrected chi connectivity index (χ0v) is 14.1. The number of hydrogen-bond donors (Lipinski definition) is 2. The van der Waals surface area contributed by atoms with Crippen LogP contribution >= 0.6 is 27.5 Å². The summed E-state index contributed by atoms with van der Waals surface area (Å²) in [6.07, 6.45) is 5.10. The summed E-state index contributed by atoms with van der Waals surface area (Å²) < 4.78 is 0. The summed E-state index contributed by atoms with van der Waals surface area (Å²) >= 11 is 9.58. The second kappa shape index (κ2) is 7.12. The zero-order valence-electron chi connectivity index (χ0n) is 11.7. The molecule has 2 rings (SSSR count). The first kappa shape index (κ1) is 16.8. The lowest BCUT2D eigenvalue weighted by molar-refractivity contribution is 0.0102. The lowest BCUT2D eigenvalue weighted by Gasteiger charge is -2.37. The van der Waals surface area contributed by atoms with Crippen LogP contribution < -0.4 is 5.32 Å². The molecule has 0 saturated carbocycles. The summed E-state index contributed by atoms with van der Waals surface area (Å²) in [6.45, 7) is 5.53. The number of halogens is 2. The van der Waals surface area contributed by atoms with Gasteiger partial charge >= 0.3 is 5.70 Å². The van der Waals surface area contributed by atoms with E-state index in [1.54, 1.807) is 0 Å². The van der Waals surface area contributed by atoms with Crippen molar-refractivity contribution in [2.45, 2.75) is 35.8 Å². The molecule has 1 aliphatic carbocycles. The number of nitrogens with one attached hydrogen (secondary N) is 1. The van der Waals surface area contributed by atoms with Gasteiger partial charge < -0.3 is 20.7 Å². The fourth-order valence-electron chi connectivity index (χ4n) is 2.84. The molecular formula is C14H19BrClN3O2. The summed E-state index contributed by atoms with van der Waals surface area (Å²) in [5.41, 5.74) is 1.42. The monoisotopic (exact) mass is 375 g/mol. The maximum Gasteiger partial charge on any atom is 0.342 e. The normalized spacial score (nSPS) is 34.5. The molecule has 0 aromatic rings. The predicted octanol–water partition coefficient (Wildman–Crippen LogP) is 2.81. The number of nitrogens with zero attached hydrogens (tertiary/aromatic N) is 2. The first-order chi connectivity index (χ1) is 9.93. The number of hydrogen-bond acceptors (Lipinski definition) is 4. The van der Waals surface area contributed by atoms with Crippen molar-refractivity contribution < 1.29 is 5.11 Å². The number of allylic oxidation sites excluding steroid dienone is 2. The van der Waals surface area contributed by atoms with Crippen LogP contribution in [0.1, 0.15) is 19.3 Å². The maximum atomic E-state index is 11.4. The Balaban J connectivity index is 2.35. The highest BCUT2D eigenvalue weighted by Crippen LogP contribution is 2.37. The zero-order chi connectivity index (χ0) is 15.6. The molecule has 0 aromatic carbocycles. The Morgan fingerprint density at radius 3 is 2.81 bits per heavy atom. The van der Waals surface area contributed by atoms with Gasteiger partial charge in [-0.3, -0.25) is 0 Å². The lowest BCUT2D eigenvalue weighted by atomic mass is 9.85. The van der Waals surface area contributed by atoms with Crippen molar-refractivity contribution in [3.63, 3.8) is 0 Å². The molecular weight excluding hydrogens is 358 g/mol. The second-order valence-electron chi connectivity index (χ2n) is 5.43. The van der Waals surface area contributed by atoms with E-state index in [0.29, 0.717) is 17.2 Å². The van der Waals surface area contributed by atoms with Crippen LogP contribution in [0.2, 0.25) is 0 Å². The highest BCUT2D eigenvalue weighted by molar-refractivity contribution is 9.09. The molecule has 116 valence electrons. The molecule has 5 unspecified atom stereocenters. The van der Waals surface area contributed by atoms with Crippen molar-refractivity contribution in [3.05, 3.63) is 33.6 Å². The van der Waals surface area contributed by atoms with Crippen molar-refractivity contribution in [2.75, 3.05) is 7.05 Å². The maximum absolute atomic E-state index is 11.4. The second-order valence-corrected chi connectivity index (χ2v) is 7.09. The van der Waals surface area contributed by atoms with Gasteiger partial charge in [0.2, 0.25) is 0 Å². The van der Waals surface area contributed by atoms with Crippen molar-refractivity contribution in [1.29, 1.82) is 0 Å². The molecule has 0 saturated heterocycles. The minimum atomic E-state index is -1.17.